The van der Waals surface area contributed by atoms with E-state index < -0.39 is 0 Å². The summed E-state index contributed by atoms with van der Waals surface area (Å²) in [5, 5.41) is 0. The van der Waals surface area contributed by atoms with Crippen molar-refractivity contribution in [2.75, 3.05) is 18.5 Å². The molecule has 1 saturated heterocycles. The number of nitrogens with zero attached hydrogens (tertiary/aromatic N) is 3. The average molecular weight is 337 g/mol. The van der Waals surface area contributed by atoms with Crippen LogP contribution in [0.25, 0.3) is 0 Å². The minimum Gasteiger partial charge on any atom is -0.334 e. The number of para-hydroxylation sites is 1. The Kier molecular flexibility index (Phi) is 5.43. The Labute approximate surface area is 148 Å². The van der Waals surface area contributed by atoms with Crippen molar-refractivity contribution in [2.24, 2.45) is 0 Å². The molecule has 0 radical (unpaired) electrons. The second kappa shape index (κ2) is 7.92. The van der Waals surface area contributed by atoms with Gasteiger partial charge in [-0.15, -0.1) is 0 Å². The molecule has 0 N–H and O–H groups in total. The molecule has 0 aliphatic carbocycles. The highest BCUT2D eigenvalue weighted by Crippen LogP contribution is 2.23. The Balaban J connectivity index is 1.63. The van der Waals surface area contributed by atoms with Crippen LogP contribution in [0.5, 0.6) is 0 Å². The van der Waals surface area contributed by atoms with Crippen LogP contribution >= 0.6 is 0 Å². The molecule has 5 nitrogen and oxygen atoms in total. The fourth-order valence-corrected chi connectivity index (χ4v) is 3.23. The van der Waals surface area contributed by atoms with Crippen LogP contribution in [0.15, 0.2) is 54.9 Å². The highest BCUT2D eigenvalue weighted by molar-refractivity contribution is 5.99. The summed E-state index contributed by atoms with van der Waals surface area (Å²) < 4.78 is 0. The highest BCUT2D eigenvalue weighted by Gasteiger charge is 2.34. The molecule has 25 heavy (non-hydrogen) atoms. The number of pyridine rings is 1. The van der Waals surface area contributed by atoms with Crippen molar-refractivity contribution < 1.29 is 9.59 Å². The molecule has 0 spiro atoms. The maximum absolute atomic E-state index is 12.9. The van der Waals surface area contributed by atoms with Gasteiger partial charge in [-0.25, -0.2) is 0 Å². The standard InChI is InChI=1S/C20H23N3O2/c1-22(19(24)12-11-16-7-5-13-21-15-16)18-10-6-14-23(20(18)25)17-8-3-2-4-9-17/h2-5,7-9,13,15,18H,6,10-12,14H2,1H3/t18-/m1/s1. The van der Waals surface area contributed by atoms with Gasteiger partial charge in [0.05, 0.1) is 0 Å². The quantitative estimate of drug-likeness (QED) is 0.843. The van der Waals surface area contributed by atoms with Gasteiger partial charge < -0.3 is 9.80 Å². The molecule has 1 aromatic heterocycles. The lowest BCUT2D eigenvalue weighted by Crippen LogP contribution is -2.53. The van der Waals surface area contributed by atoms with Gasteiger partial charge in [-0.2, -0.15) is 0 Å². The third-order valence-corrected chi connectivity index (χ3v) is 4.69. The summed E-state index contributed by atoms with van der Waals surface area (Å²) >= 11 is 0. The number of likely N-dealkylation sites (N-methyl/N-ethyl adjacent to an activating group) is 1. The van der Waals surface area contributed by atoms with E-state index in [0.717, 1.165) is 24.1 Å². The maximum atomic E-state index is 12.9. The summed E-state index contributed by atoms with van der Waals surface area (Å²) in [4.78, 5) is 32.9. The molecule has 3 rings (SSSR count). The van der Waals surface area contributed by atoms with E-state index in [0.29, 0.717) is 19.4 Å². The minimum absolute atomic E-state index is 0.00267. The number of carbonyl (C=O) groups excluding carboxylic acids is 2. The van der Waals surface area contributed by atoms with Crippen molar-refractivity contribution in [1.29, 1.82) is 0 Å². The molecule has 1 fully saturated rings. The Morgan fingerprint density at radius 1 is 1.24 bits per heavy atom. The van der Waals surface area contributed by atoms with E-state index >= 15 is 0 Å². The molecule has 130 valence electrons. The predicted molar refractivity (Wildman–Crippen MR) is 97.1 cm³/mol. The zero-order valence-corrected chi connectivity index (χ0v) is 14.5. The van der Waals surface area contributed by atoms with Crippen molar-refractivity contribution in [3.8, 4) is 0 Å². The summed E-state index contributed by atoms with van der Waals surface area (Å²) in [5.41, 5.74) is 1.93. The van der Waals surface area contributed by atoms with Crippen molar-refractivity contribution in [3.63, 3.8) is 0 Å². The number of aromatic nitrogens is 1. The summed E-state index contributed by atoms with van der Waals surface area (Å²) in [7, 11) is 1.74. The molecule has 1 aliphatic rings. The van der Waals surface area contributed by atoms with Crippen LogP contribution in [-0.4, -0.2) is 41.3 Å². The smallest absolute Gasteiger partial charge is 0.249 e. The van der Waals surface area contributed by atoms with Gasteiger partial charge in [0.2, 0.25) is 11.8 Å². The first-order valence-electron chi connectivity index (χ1n) is 8.68. The van der Waals surface area contributed by atoms with Gasteiger partial charge in [0.1, 0.15) is 6.04 Å². The lowest BCUT2D eigenvalue weighted by atomic mass is 10.0. The number of hydrogen-bond donors (Lipinski definition) is 0. The summed E-state index contributed by atoms with van der Waals surface area (Å²) in [5.74, 6) is 0.00629. The highest BCUT2D eigenvalue weighted by atomic mass is 16.2. The Hall–Kier alpha value is -2.69. The van der Waals surface area contributed by atoms with Crippen LogP contribution in [0.1, 0.15) is 24.8 Å². The molecular weight excluding hydrogens is 314 g/mol. The van der Waals surface area contributed by atoms with Crippen LogP contribution in [0.4, 0.5) is 5.69 Å². The zero-order valence-electron chi connectivity index (χ0n) is 14.5. The summed E-state index contributed by atoms with van der Waals surface area (Å²) in [6, 6.07) is 13.1. The van der Waals surface area contributed by atoms with Crippen molar-refractivity contribution in [1.82, 2.24) is 9.88 Å². The van der Waals surface area contributed by atoms with E-state index in [-0.39, 0.29) is 17.9 Å². The summed E-state index contributed by atoms with van der Waals surface area (Å²) in [6.07, 6.45) is 6.13. The number of benzene rings is 1. The van der Waals surface area contributed by atoms with Crippen LogP contribution in [0, 0.1) is 0 Å². The molecule has 1 aromatic carbocycles. The van der Waals surface area contributed by atoms with Crippen LogP contribution in [0.2, 0.25) is 0 Å². The van der Waals surface area contributed by atoms with E-state index in [2.05, 4.69) is 4.98 Å². The fourth-order valence-electron chi connectivity index (χ4n) is 3.23. The lowest BCUT2D eigenvalue weighted by molar-refractivity contribution is -0.138. The largest absolute Gasteiger partial charge is 0.334 e. The van der Waals surface area contributed by atoms with Gasteiger partial charge >= 0.3 is 0 Å². The Bertz CT molecular complexity index is 718. The molecule has 5 heteroatoms. The molecular formula is C20H23N3O2. The van der Waals surface area contributed by atoms with Gasteiger partial charge in [0.15, 0.2) is 0 Å². The second-order valence-electron chi connectivity index (χ2n) is 6.35. The molecule has 2 aromatic rings. The van der Waals surface area contributed by atoms with Crippen LogP contribution < -0.4 is 4.90 Å². The first-order valence-corrected chi connectivity index (χ1v) is 8.68. The van der Waals surface area contributed by atoms with Crippen molar-refractivity contribution in [3.05, 3.63) is 60.4 Å². The van der Waals surface area contributed by atoms with E-state index in [1.165, 1.54) is 0 Å². The number of carbonyl (C=O) groups is 2. The molecule has 0 unspecified atom stereocenters. The number of amides is 2. The average Bonchev–Trinajstić information content (AvgIpc) is 2.67. The molecule has 1 atom stereocenters. The lowest BCUT2D eigenvalue weighted by Gasteiger charge is -2.37. The number of anilines is 1. The van der Waals surface area contributed by atoms with Crippen molar-refractivity contribution >= 4 is 17.5 Å². The van der Waals surface area contributed by atoms with E-state index in [9.17, 15) is 9.59 Å². The third kappa shape index (κ3) is 4.05. The molecule has 2 amide bonds. The normalized spacial score (nSPS) is 17.4. The first-order chi connectivity index (χ1) is 12.2. The predicted octanol–water partition coefficient (Wildman–Crippen LogP) is 2.67. The first kappa shape index (κ1) is 17.1. The Morgan fingerprint density at radius 3 is 2.76 bits per heavy atom. The zero-order chi connectivity index (χ0) is 17.6. The monoisotopic (exact) mass is 337 g/mol. The van der Waals surface area contributed by atoms with E-state index in [1.807, 2.05) is 42.5 Å². The minimum atomic E-state index is -0.379. The second-order valence-corrected chi connectivity index (χ2v) is 6.35. The number of rotatable bonds is 5. The van der Waals surface area contributed by atoms with Gasteiger partial charge in [0, 0.05) is 38.1 Å². The Morgan fingerprint density at radius 2 is 2.04 bits per heavy atom. The molecule has 2 heterocycles. The van der Waals surface area contributed by atoms with Gasteiger partial charge in [0.25, 0.3) is 0 Å². The van der Waals surface area contributed by atoms with Gasteiger partial charge in [-0.1, -0.05) is 24.3 Å². The summed E-state index contributed by atoms with van der Waals surface area (Å²) in [6.45, 7) is 0.705. The van der Waals surface area contributed by atoms with Crippen LogP contribution in [0.3, 0.4) is 0 Å². The molecule has 1 aliphatic heterocycles. The maximum Gasteiger partial charge on any atom is 0.249 e. The molecule has 0 bridgehead atoms. The van der Waals surface area contributed by atoms with Crippen molar-refractivity contribution in [2.45, 2.75) is 31.7 Å². The van der Waals surface area contributed by atoms with Gasteiger partial charge in [-0.05, 0) is 43.0 Å². The number of hydrogen-bond acceptors (Lipinski definition) is 3. The fraction of sp³-hybridized carbons (Fsp3) is 0.350. The van der Waals surface area contributed by atoms with E-state index in [4.69, 9.17) is 0 Å². The molecule has 0 saturated carbocycles. The number of aryl methyl sites for hydroxylation is 1. The van der Waals surface area contributed by atoms with Gasteiger partial charge in [-0.3, -0.25) is 14.6 Å². The topological polar surface area (TPSA) is 53.5 Å². The van der Waals surface area contributed by atoms with Crippen LogP contribution in [-0.2, 0) is 16.0 Å². The SMILES string of the molecule is CN(C(=O)CCc1cccnc1)[C@@H]1CCCN(c2ccccc2)C1=O. The van der Waals surface area contributed by atoms with E-state index in [1.54, 1.807) is 29.2 Å². The number of piperidine rings is 1. The third-order valence-electron chi connectivity index (χ3n) is 4.69.